The first-order valence-corrected chi connectivity index (χ1v) is 29.3. The van der Waals surface area contributed by atoms with E-state index in [0.717, 1.165) is 57.8 Å². The van der Waals surface area contributed by atoms with Crippen molar-refractivity contribution in [1.29, 1.82) is 0 Å². The normalized spacial score (nSPS) is 12.1. The molecular weight excluding hydrogens is 817 g/mol. The minimum absolute atomic E-state index is 0.0704. The summed E-state index contributed by atoms with van der Waals surface area (Å²) in [6.07, 6.45) is 64.6. The molecule has 0 rings (SSSR count). The lowest BCUT2D eigenvalue weighted by Gasteiger charge is -2.18. The summed E-state index contributed by atoms with van der Waals surface area (Å²) in [5.41, 5.74) is 0. The molecule has 0 aliphatic carbocycles. The fourth-order valence-electron chi connectivity index (χ4n) is 8.73. The molecule has 0 saturated carbocycles. The van der Waals surface area contributed by atoms with Crippen molar-refractivity contribution in [2.24, 2.45) is 0 Å². The highest BCUT2D eigenvalue weighted by molar-refractivity contribution is 5.71. The topological polar surface area (TPSA) is 78.9 Å². The molecule has 0 radical (unpaired) electrons. The standard InChI is InChI=1S/C60H112O6/c1-4-7-10-13-16-19-22-24-26-28-30-32-34-36-38-41-44-47-50-53-59(62)65-56-57(55-64-58(61)52-49-46-43-40-21-18-15-12-9-6-3)66-60(63)54-51-48-45-42-39-37-35-33-31-29-27-25-23-20-17-14-11-8-5-2/h28-31,57H,4-27,32-56H2,1-3H3/b30-28-,31-29-. The van der Waals surface area contributed by atoms with E-state index >= 15 is 0 Å². The summed E-state index contributed by atoms with van der Waals surface area (Å²) in [4.78, 5) is 38.1. The van der Waals surface area contributed by atoms with Gasteiger partial charge in [0.05, 0.1) is 0 Å². The van der Waals surface area contributed by atoms with Crippen molar-refractivity contribution < 1.29 is 28.6 Å². The molecule has 388 valence electrons. The highest BCUT2D eigenvalue weighted by Crippen LogP contribution is 2.16. The fourth-order valence-corrected chi connectivity index (χ4v) is 8.73. The van der Waals surface area contributed by atoms with E-state index in [4.69, 9.17) is 14.2 Å². The maximum Gasteiger partial charge on any atom is 0.306 e. The molecule has 0 heterocycles. The Labute approximate surface area is 411 Å². The van der Waals surface area contributed by atoms with Crippen LogP contribution in [0, 0.1) is 0 Å². The van der Waals surface area contributed by atoms with Crippen molar-refractivity contribution in [2.45, 2.75) is 329 Å². The van der Waals surface area contributed by atoms with E-state index in [9.17, 15) is 14.4 Å². The summed E-state index contributed by atoms with van der Waals surface area (Å²) in [7, 11) is 0. The van der Waals surface area contributed by atoms with Crippen LogP contribution in [-0.4, -0.2) is 37.2 Å². The number of ether oxygens (including phenoxy) is 3. The smallest absolute Gasteiger partial charge is 0.306 e. The van der Waals surface area contributed by atoms with Gasteiger partial charge >= 0.3 is 17.9 Å². The first-order valence-electron chi connectivity index (χ1n) is 29.3. The molecule has 0 fully saturated rings. The van der Waals surface area contributed by atoms with Crippen LogP contribution >= 0.6 is 0 Å². The molecule has 66 heavy (non-hydrogen) atoms. The third-order valence-electron chi connectivity index (χ3n) is 13.2. The van der Waals surface area contributed by atoms with Gasteiger partial charge in [0.25, 0.3) is 0 Å². The minimum Gasteiger partial charge on any atom is -0.462 e. The van der Waals surface area contributed by atoms with Crippen molar-refractivity contribution in [2.75, 3.05) is 13.2 Å². The number of carbonyl (C=O) groups is 3. The number of allylic oxidation sites excluding steroid dienone is 4. The molecule has 0 spiro atoms. The molecular formula is C60H112O6. The summed E-state index contributed by atoms with van der Waals surface area (Å²) in [6, 6.07) is 0. The molecule has 0 aromatic heterocycles. The van der Waals surface area contributed by atoms with Crippen LogP contribution in [0.5, 0.6) is 0 Å². The number of esters is 3. The zero-order valence-electron chi connectivity index (χ0n) is 44.5. The second-order valence-electron chi connectivity index (χ2n) is 19.9. The lowest BCUT2D eigenvalue weighted by atomic mass is 10.1. The molecule has 1 atom stereocenters. The maximum absolute atomic E-state index is 12.8. The lowest BCUT2D eigenvalue weighted by molar-refractivity contribution is -0.167. The highest BCUT2D eigenvalue weighted by Gasteiger charge is 2.19. The van der Waals surface area contributed by atoms with Crippen molar-refractivity contribution in [3.8, 4) is 0 Å². The van der Waals surface area contributed by atoms with Gasteiger partial charge in [0, 0.05) is 19.3 Å². The summed E-state index contributed by atoms with van der Waals surface area (Å²) in [6.45, 7) is 6.66. The van der Waals surface area contributed by atoms with Gasteiger partial charge in [-0.15, -0.1) is 0 Å². The van der Waals surface area contributed by atoms with Crippen LogP contribution in [0.15, 0.2) is 24.3 Å². The number of unbranched alkanes of at least 4 members (excludes halogenated alkanes) is 39. The Morgan fingerprint density at radius 1 is 0.288 bits per heavy atom. The van der Waals surface area contributed by atoms with Crippen LogP contribution in [0.2, 0.25) is 0 Å². The zero-order valence-corrected chi connectivity index (χ0v) is 44.5. The summed E-state index contributed by atoms with van der Waals surface area (Å²) in [5, 5.41) is 0. The summed E-state index contributed by atoms with van der Waals surface area (Å²) in [5.74, 6) is -0.862. The van der Waals surface area contributed by atoms with Gasteiger partial charge in [-0.3, -0.25) is 14.4 Å². The Morgan fingerprint density at radius 3 is 0.758 bits per heavy atom. The predicted molar refractivity (Wildman–Crippen MR) is 284 cm³/mol. The van der Waals surface area contributed by atoms with E-state index in [0.29, 0.717) is 19.3 Å². The minimum atomic E-state index is -0.771. The first kappa shape index (κ1) is 63.9. The largest absolute Gasteiger partial charge is 0.462 e. The second-order valence-corrected chi connectivity index (χ2v) is 19.9. The van der Waals surface area contributed by atoms with Gasteiger partial charge in [-0.25, -0.2) is 0 Å². The van der Waals surface area contributed by atoms with Crippen LogP contribution in [0.3, 0.4) is 0 Å². The molecule has 0 saturated heterocycles. The van der Waals surface area contributed by atoms with Crippen LogP contribution in [0.1, 0.15) is 323 Å². The van der Waals surface area contributed by atoms with Crippen molar-refractivity contribution in [1.82, 2.24) is 0 Å². The average Bonchev–Trinajstić information content (AvgIpc) is 3.31. The quantitative estimate of drug-likeness (QED) is 0.0262. The molecule has 6 nitrogen and oxygen atoms in total. The van der Waals surface area contributed by atoms with Crippen molar-refractivity contribution >= 4 is 17.9 Å². The van der Waals surface area contributed by atoms with Crippen LogP contribution in [-0.2, 0) is 28.6 Å². The molecule has 1 unspecified atom stereocenters. The molecule has 0 bridgehead atoms. The van der Waals surface area contributed by atoms with Gasteiger partial charge < -0.3 is 14.2 Å². The number of hydrogen-bond acceptors (Lipinski definition) is 6. The van der Waals surface area contributed by atoms with Crippen LogP contribution in [0.25, 0.3) is 0 Å². The SMILES string of the molecule is CCCCCCCCCC/C=C\CCCCCCCCCC(=O)OCC(COC(=O)CCCCCCCCCCCC)OC(=O)CCCCCCCCC/C=C\CCCCCCCCCC. The third kappa shape index (κ3) is 52.9. The van der Waals surface area contributed by atoms with Crippen LogP contribution < -0.4 is 0 Å². The molecule has 0 N–H and O–H groups in total. The highest BCUT2D eigenvalue weighted by atomic mass is 16.6. The Balaban J connectivity index is 4.27. The van der Waals surface area contributed by atoms with E-state index < -0.39 is 6.10 Å². The Bertz CT molecular complexity index is 1070. The lowest BCUT2D eigenvalue weighted by Crippen LogP contribution is -2.30. The fraction of sp³-hybridized carbons (Fsp3) is 0.883. The van der Waals surface area contributed by atoms with Gasteiger partial charge in [-0.05, 0) is 70.6 Å². The van der Waals surface area contributed by atoms with Crippen molar-refractivity contribution in [3.63, 3.8) is 0 Å². The zero-order chi connectivity index (χ0) is 47.9. The Hall–Kier alpha value is -2.11. The molecule has 0 amide bonds. The van der Waals surface area contributed by atoms with E-state index in [-0.39, 0.29) is 31.1 Å². The van der Waals surface area contributed by atoms with E-state index in [1.807, 2.05) is 0 Å². The number of rotatable bonds is 54. The summed E-state index contributed by atoms with van der Waals surface area (Å²) < 4.78 is 16.9. The molecule has 0 aromatic rings. The first-order chi connectivity index (χ1) is 32.5. The molecule has 0 aromatic carbocycles. The van der Waals surface area contributed by atoms with E-state index in [1.54, 1.807) is 0 Å². The summed E-state index contributed by atoms with van der Waals surface area (Å²) >= 11 is 0. The number of hydrogen-bond donors (Lipinski definition) is 0. The monoisotopic (exact) mass is 929 g/mol. The van der Waals surface area contributed by atoms with E-state index in [1.165, 1.54) is 225 Å². The van der Waals surface area contributed by atoms with Gasteiger partial charge in [0.15, 0.2) is 6.10 Å². The van der Waals surface area contributed by atoms with Gasteiger partial charge in [-0.2, -0.15) is 0 Å². The maximum atomic E-state index is 12.8. The number of carbonyl (C=O) groups excluding carboxylic acids is 3. The van der Waals surface area contributed by atoms with Crippen LogP contribution in [0.4, 0.5) is 0 Å². The molecule has 0 aliphatic rings. The third-order valence-corrected chi connectivity index (χ3v) is 13.2. The van der Waals surface area contributed by atoms with E-state index in [2.05, 4.69) is 45.1 Å². The molecule has 0 aliphatic heterocycles. The van der Waals surface area contributed by atoms with Gasteiger partial charge in [-0.1, -0.05) is 257 Å². The second kappa shape index (κ2) is 55.5. The molecule has 6 heteroatoms. The predicted octanol–water partition coefficient (Wildman–Crippen LogP) is 19.5. The Kier molecular flexibility index (Phi) is 53.7. The van der Waals surface area contributed by atoms with Crippen molar-refractivity contribution in [3.05, 3.63) is 24.3 Å². The van der Waals surface area contributed by atoms with Gasteiger partial charge in [0.2, 0.25) is 0 Å². The Morgan fingerprint density at radius 2 is 0.500 bits per heavy atom. The van der Waals surface area contributed by atoms with Gasteiger partial charge in [0.1, 0.15) is 13.2 Å². The average molecular weight is 930 g/mol.